The lowest BCUT2D eigenvalue weighted by Crippen LogP contribution is -2.29. The molecule has 0 amide bonds. The molecule has 1 unspecified atom stereocenters. The summed E-state index contributed by atoms with van der Waals surface area (Å²) in [6.07, 6.45) is 0.755. The van der Waals surface area contributed by atoms with Crippen LogP contribution in [0.1, 0.15) is 18.4 Å². The molecule has 1 N–H and O–H groups in total. The predicted octanol–water partition coefficient (Wildman–Crippen LogP) is 2.38. The molecule has 0 heterocycles. The van der Waals surface area contributed by atoms with Crippen molar-refractivity contribution in [1.29, 1.82) is 0 Å². The Morgan fingerprint density at radius 2 is 2.25 bits per heavy atom. The van der Waals surface area contributed by atoms with Crippen LogP contribution in [0.15, 0.2) is 18.2 Å². The molecule has 0 spiro atoms. The molecule has 1 aromatic rings. The Balaban J connectivity index is 2.18. The largest absolute Gasteiger partial charge is 0.478 e. The highest BCUT2D eigenvalue weighted by Gasteiger charge is 2.38. The first-order valence-electron chi connectivity index (χ1n) is 5.24. The van der Waals surface area contributed by atoms with E-state index < -0.39 is 17.9 Å². The average molecular weight is 224 g/mol. The summed E-state index contributed by atoms with van der Waals surface area (Å²) in [6.45, 7) is 1.62. The van der Waals surface area contributed by atoms with E-state index in [1.807, 2.05) is 0 Å². The molecule has 1 saturated carbocycles. The SMILES string of the molecule is Cc1cccc(OC(C(=O)O)C2CC2)c1F. The maximum atomic E-state index is 13.6. The molecule has 1 aliphatic rings. The summed E-state index contributed by atoms with van der Waals surface area (Å²) in [5, 5.41) is 8.96. The van der Waals surface area contributed by atoms with Gasteiger partial charge >= 0.3 is 5.97 Å². The third-order valence-corrected chi connectivity index (χ3v) is 2.70. The third-order valence-electron chi connectivity index (χ3n) is 2.70. The van der Waals surface area contributed by atoms with E-state index in [4.69, 9.17) is 9.84 Å². The minimum atomic E-state index is -1.02. The first-order valence-corrected chi connectivity index (χ1v) is 5.24. The van der Waals surface area contributed by atoms with Gasteiger partial charge in [-0.2, -0.15) is 0 Å². The molecule has 16 heavy (non-hydrogen) atoms. The van der Waals surface area contributed by atoms with Crippen LogP contribution in [-0.2, 0) is 4.79 Å². The number of carboxylic acids is 1. The fourth-order valence-electron chi connectivity index (χ4n) is 1.60. The predicted molar refractivity (Wildman–Crippen MR) is 55.9 cm³/mol. The van der Waals surface area contributed by atoms with Crippen LogP contribution in [0.5, 0.6) is 5.75 Å². The summed E-state index contributed by atoms with van der Waals surface area (Å²) in [6, 6.07) is 4.73. The molecule has 0 bridgehead atoms. The molecule has 1 aliphatic carbocycles. The zero-order valence-corrected chi connectivity index (χ0v) is 8.94. The van der Waals surface area contributed by atoms with Crippen molar-refractivity contribution in [1.82, 2.24) is 0 Å². The van der Waals surface area contributed by atoms with Crippen molar-refractivity contribution < 1.29 is 19.0 Å². The fraction of sp³-hybridized carbons (Fsp3) is 0.417. The first kappa shape index (κ1) is 10.9. The Morgan fingerprint density at radius 3 is 2.81 bits per heavy atom. The van der Waals surface area contributed by atoms with Crippen molar-refractivity contribution >= 4 is 5.97 Å². The standard InChI is InChI=1S/C12H13FO3/c1-7-3-2-4-9(10(7)13)16-11(12(14)15)8-5-6-8/h2-4,8,11H,5-6H2,1H3,(H,14,15). The van der Waals surface area contributed by atoms with Crippen molar-refractivity contribution in [2.24, 2.45) is 5.92 Å². The molecule has 3 nitrogen and oxygen atoms in total. The van der Waals surface area contributed by atoms with Gasteiger partial charge in [0.15, 0.2) is 17.7 Å². The molecule has 0 aliphatic heterocycles. The van der Waals surface area contributed by atoms with E-state index in [-0.39, 0.29) is 11.7 Å². The first-order chi connectivity index (χ1) is 7.59. The van der Waals surface area contributed by atoms with Crippen LogP contribution in [0.25, 0.3) is 0 Å². The van der Waals surface area contributed by atoms with Gasteiger partial charge in [-0.3, -0.25) is 0 Å². The second kappa shape index (κ2) is 4.12. The maximum absolute atomic E-state index is 13.6. The number of ether oxygens (including phenoxy) is 1. The smallest absolute Gasteiger partial charge is 0.345 e. The lowest BCUT2D eigenvalue weighted by molar-refractivity contribution is -0.146. The molecule has 0 aromatic heterocycles. The van der Waals surface area contributed by atoms with Crippen molar-refractivity contribution in [3.05, 3.63) is 29.6 Å². The second-order valence-corrected chi connectivity index (χ2v) is 4.10. The van der Waals surface area contributed by atoms with Crippen molar-refractivity contribution in [3.63, 3.8) is 0 Å². The molecule has 0 saturated heterocycles. The molecule has 1 aromatic carbocycles. The fourth-order valence-corrected chi connectivity index (χ4v) is 1.60. The van der Waals surface area contributed by atoms with Gasteiger partial charge in [-0.15, -0.1) is 0 Å². The Hall–Kier alpha value is -1.58. The number of aliphatic carboxylic acids is 1. The summed E-state index contributed by atoms with van der Waals surface area (Å²) in [5.74, 6) is -1.45. The molecule has 2 rings (SSSR count). The number of hydrogen-bond donors (Lipinski definition) is 1. The molecule has 1 atom stereocenters. The van der Waals surface area contributed by atoms with E-state index in [0.29, 0.717) is 5.56 Å². The van der Waals surface area contributed by atoms with Gasteiger partial charge in [0.25, 0.3) is 0 Å². The van der Waals surface area contributed by atoms with Crippen LogP contribution in [0, 0.1) is 18.7 Å². The van der Waals surface area contributed by atoms with Gasteiger partial charge in [-0.05, 0) is 31.4 Å². The highest BCUT2D eigenvalue weighted by atomic mass is 19.1. The summed E-state index contributed by atoms with van der Waals surface area (Å²) in [4.78, 5) is 10.9. The molecule has 86 valence electrons. The van der Waals surface area contributed by atoms with Crippen LogP contribution < -0.4 is 4.74 Å². The summed E-state index contributed by atoms with van der Waals surface area (Å²) in [5.41, 5.74) is 0.456. The average Bonchev–Trinajstić information content (AvgIpc) is 3.03. The topological polar surface area (TPSA) is 46.5 Å². The zero-order chi connectivity index (χ0) is 11.7. The van der Waals surface area contributed by atoms with Crippen LogP contribution >= 0.6 is 0 Å². The molecule has 4 heteroatoms. The maximum Gasteiger partial charge on any atom is 0.345 e. The molecular formula is C12H13FO3. The quantitative estimate of drug-likeness (QED) is 0.854. The van der Waals surface area contributed by atoms with E-state index >= 15 is 0 Å². The van der Waals surface area contributed by atoms with Gasteiger partial charge < -0.3 is 9.84 Å². The van der Waals surface area contributed by atoms with Crippen molar-refractivity contribution in [2.75, 3.05) is 0 Å². The number of benzene rings is 1. The van der Waals surface area contributed by atoms with Gasteiger partial charge in [-0.1, -0.05) is 12.1 Å². The number of carboxylic acid groups (broad SMARTS) is 1. The zero-order valence-electron chi connectivity index (χ0n) is 8.94. The van der Waals surface area contributed by atoms with Gasteiger partial charge in [-0.25, -0.2) is 9.18 Å². The molecule has 1 fully saturated rings. The molecule has 0 radical (unpaired) electrons. The van der Waals surface area contributed by atoms with E-state index in [1.54, 1.807) is 19.1 Å². The van der Waals surface area contributed by atoms with E-state index in [9.17, 15) is 9.18 Å². The van der Waals surface area contributed by atoms with E-state index in [2.05, 4.69) is 0 Å². The normalized spacial score (nSPS) is 16.9. The Morgan fingerprint density at radius 1 is 1.56 bits per heavy atom. The lowest BCUT2D eigenvalue weighted by Gasteiger charge is -2.15. The minimum absolute atomic E-state index is 0.0254. The summed E-state index contributed by atoms with van der Waals surface area (Å²) in [7, 11) is 0. The Bertz CT molecular complexity index is 413. The van der Waals surface area contributed by atoms with Gasteiger partial charge in [0.1, 0.15) is 0 Å². The van der Waals surface area contributed by atoms with Crippen LogP contribution in [0.3, 0.4) is 0 Å². The van der Waals surface area contributed by atoms with Gasteiger partial charge in [0, 0.05) is 5.92 Å². The second-order valence-electron chi connectivity index (χ2n) is 4.10. The lowest BCUT2D eigenvalue weighted by atomic mass is 10.2. The number of rotatable bonds is 4. The van der Waals surface area contributed by atoms with Crippen molar-refractivity contribution in [2.45, 2.75) is 25.9 Å². The number of carbonyl (C=O) groups is 1. The van der Waals surface area contributed by atoms with Crippen molar-refractivity contribution in [3.8, 4) is 5.75 Å². The van der Waals surface area contributed by atoms with Gasteiger partial charge in [0.2, 0.25) is 0 Å². The van der Waals surface area contributed by atoms with E-state index in [0.717, 1.165) is 12.8 Å². The van der Waals surface area contributed by atoms with Crippen LogP contribution in [0.4, 0.5) is 4.39 Å². The van der Waals surface area contributed by atoms with E-state index in [1.165, 1.54) is 6.07 Å². The van der Waals surface area contributed by atoms with Crippen LogP contribution in [-0.4, -0.2) is 17.2 Å². The monoisotopic (exact) mass is 224 g/mol. The number of halogens is 1. The number of hydrogen-bond acceptors (Lipinski definition) is 2. The third kappa shape index (κ3) is 2.15. The summed E-state index contributed by atoms with van der Waals surface area (Å²) < 4.78 is 18.8. The Kier molecular flexibility index (Phi) is 2.81. The highest BCUT2D eigenvalue weighted by molar-refractivity contribution is 5.73. The highest BCUT2D eigenvalue weighted by Crippen LogP contribution is 2.35. The van der Waals surface area contributed by atoms with Crippen LogP contribution in [0.2, 0.25) is 0 Å². The molecular weight excluding hydrogens is 211 g/mol. The van der Waals surface area contributed by atoms with Gasteiger partial charge in [0.05, 0.1) is 0 Å². The number of aryl methyl sites for hydroxylation is 1. The summed E-state index contributed by atoms with van der Waals surface area (Å²) >= 11 is 0. The minimum Gasteiger partial charge on any atom is -0.478 e. The Labute approximate surface area is 92.9 Å².